The molecule has 0 spiro atoms. The fourth-order valence-corrected chi connectivity index (χ4v) is 1.34. The molecule has 1 aromatic heterocycles. The smallest absolute Gasteiger partial charge is 0.113 e. The van der Waals surface area contributed by atoms with Crippen LogP contribution in [0, 0.1) is 0 Å². The maximum atomic E-state index is 4.06. The highest BCUT2D eigenvalue weighted by Gasteiger charge is 1.98. The van der Waals surface area contributed by atoms with Crippen LogP contribution in [-0.4, -0.2) is 15.0 Å². The second-order valence-corrected chi connectivity index (χ2v) is 3.20. The summed E-state index contributed by atoms with van der Waals surface area (Å²) in [5.41, 5.74) is 1.99. The Labute approximate surface area is 83.0 Å². The molecule has 2 aromatic rings. The van der Waals surface area contributed by atoms with Crippen molar-refractivity contribution in [1.82, 2.24) is 15.0 Å². The lowest BCUT2D eigenvalue weighted by atomic mass is 10.3. The Balaban J connectivity index is 2.34. The van der Waals surface area contributed by atoms with Crippen molar-refractivity contribution in [2.75, 3.05) is 0 Å². The van der Waals surface area contributed by atoms with Crippen LogP contribution in [0.15, 0.2) is 30.3 Å². The van der Waals surface area contributed by atoms with E-state index >= 15 is 0 Å². The quantitative estimate of drug-likeness (QED) is 0.739. The van der Waals surface area contributed by atoms with E-state index in [1.54, 1.807) is 0 Å². The van der Waals surface area contributed by atoms with Gasteiger partial charge in [-0.15, -0.1) is 5.10 Å². The highest BCUT2D eigenvalue weighted by molar-refractivity contribution is 5.75. The molecule has 0 fully saturated rings. The van der Waals surface area contributed by atoms with E-state index < -0.39 is 0 Å². The number of hydrogen-bond donors (Lipinski definition) is 0. The summed E-state index contributed by atoms with van der Waals surface area (Å²) in [4.78, 5) is 0. The average molecular weight is 187 g/mol. The van der Waals surface area contributed by atoms with Gasteiger partial charge in [0.2, 0.25) is 0 Å². The topological polar surface area (TPSA) is 30.7 Å². The number of unbranched alkanes of at least 4 members (excludes halogenated alkanes) is 1. The largest absolute Gasteiger partial charge is 0.220 e. The molecule has 2 rings (SSSR count). The van der Waals surface area contributed by atoms with E-state index in [1.807, 2.05) is 35.1 Å². The number of benzene rings is 1. The molecule has 1 heterocycles. The van der Waals surface area contributed by atoms with Crippen LogP contribution < -0.4 is 0 Å². The van der Waals surface area contributed by atoms with Crippen LogP contribution >= 0.6 is 0 Å². The van der Waals surface area contributed by atoms with Crippen molar-refractivity contribution in [3.8, 4) is 0 Å². The van der Waals surface area contributed by atoms with Crippen LogP contribution in [0.1, 0.15) is 19.8 Å². The summed E-state index contributed by atoms with van der Waals surface area (Å²) in [6.07, 6.45) is 6.32. The van der Waals surface area contributed by atoms with Crippen LogP contribution in [-0.2, 0) is 0 Å². The van der Waals surface area contributed by atoms with E-state index in [-0.39, 0.29) is 0 Å². The van der Waals surface area contributed by atoms with Crippen molar-refractivity contribution < 1.29 is 0 Å². The lowest BCUT2D eigenvalue weighted by Crippen LogP contribution is -1.87. The van der Waals surface area contributed by atoms with Gasteiger partial charge in [0.1, 0.15) is 5.52 Å². The number of para-hydroxylation sites is 1. The molecule has 0 N–H and O–H groups in total. The van der Waals surface area contributed by atoms with Gasteiger partial charge >= 0.3 is 0 Å². The number of aromatic nitrogens is 3. The van der Waals surface area contributed by atoms with E-state index in [9.17, 15) is 0 Å². The van der Waals surface area contributed by atoms with Crippen LogP contribution in [0.25, 0.3) is 17.2 Å². The Morgan fingerprint density at radius 1 is 1.36 bits per heavy atom. The zero-order valence-corrected chi connectivity index (χ0v) is 8.22. The van der Waals surface area contributed by atoms with E-state index in [0.717, 1.165) is 23.9 Å². The maximum Gasteiger partial charge on any atom is 0.113 e. The highest BCUT2D eigenvalue weighted by atomic mass is 15.4. The predicted molar refractivity (Wildman–Crippen MR) is 57.8 cm³/mol. The molecule has 0 saturated heterocycles. The van der Waals surface area contributed by atoms with Crippen LogP contribution in [0.3, 0.4) is 0 Å². The van der Waals surface area contributed by atoms with E-state index in [1.165, 1.54) is 0 Å². The van der Waals surface area contributed by atoms with Crippen molar-refractivity contribution in [3.05, 3.63) is 30.3 Å². The monoisotopic (exact) mass is 187 g/mol. The predicted octanol–water partition coefficient (Wildman–Crippen LogP) is 2.70. The van der Waals surface area contributed by atoms with Gasteiger partial charge in [-0.2, -0.15) is 0 Å². The molecule has 72 valence electrons. The SMILES string of the molecule is CCCC=Cn1nnc2ccccc21. The third-order valence-electron chi connectivity index (χ3n) is 2.08. The van der Waals surface area contributed by atoms with Crippen molar-refractivity contribution in [2.24, 2.45) is 0 Å². The van der Waals surface area contributed by atoms with E-state index in [2.05, 4.69) is 23.3 Å². The standard InChI is InChI=1S/C11H13N3/c1-2-3-6-9-14-11-8-5-4-7-10(11)12-13-14/h4-9H,2-3H2,1H3. The zero-order chi connectivity index (χ0) is 9.80. The van der Waals surface area contributed by atoms with E-state index in [0.29, 0.717) is 0 Å². The zero-order valence-electron chi connectivity index (χ0n) is 8.22. The Morgan fingerprint density at radius 3 is 3.07 bits per heavy atom. The summed E-state index contributed by atoms with van der Waals surface area (Å²) in [6, 6.07) is 7.95. The molecule has 0 radical (unpaired) electrons. The Morgan fingerprint density at radius 2 is 2.21 bits per heavy atom. The molecule has 0 aliphatic rings. The van der Waals surface area contributed by atoms with Crippen molar-refractivity contribution in [3.63, 3.8) is 0 Å². The second-order valence-electron chi connectivity index (χ2n) is 3.20. The third-order valence-corrected chi connectivity index (χ3v) is 2.08. The Hall–Kier alpha value is -1.64. The number of hydrogen-bond acceptors (Lipinski definition) is 2. The molecule has 0 bridgehead atoms. The summed E-state index contributed by atoms with van der Waals surface area (Å²) < 4.78 is 1.81. The summed E-state index contributed by atoms with van der Waals surface area (Å²) in [6.45, 7) is 2.16. The average Bonchev–Trinajstić information content (AvgIpc) is 2.63. The van der Waals surface area contributed by atoms with Gasteiger partial charge in [-0.3, -0.25) is 0 Å². The molecule has 0 atom stereocenters. The summed E-state index contributed by atoms with van der Waals surface area (Å²) in [5, 5.41) is 8.11. The summed E-state index contributed by atoms with van der Waals surface area (Å²) >= 11 is 0. The minimum Gasteiger partial charge on any atom is -0.220 e. The van der Waals surface area contributed by atoms with Gasteiger partial charge in [-0.1, -0.05) is 36.8 Å². The fourth-order valence-electron chi connectivity index (χ4n) is 1.34. The van der Waals surface area contributed by atoms with Crippen molar-refractivity contribution in [2.45, 2.75) is 19.8 Å². The van der Waals surface area contributed by atoms with Gasteiger partial charge in [0.15, 0.2) is 0 Å². The molecule has 3 nitrogen and oxygen atoms in total. The summed E-state index contributed by atoms with van der Waals surface area (Å²) in [7, 11) is 0. The molecule has 0 amide bonds. The van der Waals surface area contributed by atoms with Gasteiger partial charge in [0, 0.05) is 6.20 Å². The highest BCUT2D eigenvalue weighted by Crippen LogP contribution is 2.09. The lowest BCUT2D eigenvalue weighted by Gasteiger charge is -1.92. The molecule has 0 aliphatic heterocycles. The Bertz CT molecular complexity index is 442. The second kappa shape index (κ2) is 4.05. The van der Waals surface area contributed by atoms with Crippen LogP contribution in [0.5, 0.6) is 0 Å². The summed E-state index contributed by atoms with van der Waals surface area (Å²) in [5.74, 6) is 0. The number of nitrogens with zero attached hydrogens (tertiary/aromatic N) is 3. The molecular weight excluding hydrogens is 174 g/mol. The normalized spacial score (nSPS) is 11.5. The third kappa shape index (κ3) is 1.66. The van der Waals surface area contributed by atoms with Crippen LogP contribution in [0.4, 0.5) is 0 Å². The van der Waals surface area contributed by atoms with Gasteiger partial charge in [0.25, 0.3) is 0 Å². The number of rotatable bonds is 3. The maximum absolute atomic E-state index is 4.06. The lowest BCUT2D eigenvalue weighted by molar-refractivity contribution is 0.854. The van der Waals surface area contributed by atoms with Gasteiger partial charge in [-0.25, -0.2) is 4.68 Å². The minimum atomic E-state index is 0.939. The fraction of sp³-hybridized carbons (Fsp3) is 0.273. The first-order chi connectivity index (χ1) is 6.92. The van der Waals surface area contributed by atoms with Crippen molar-refractivity contribution in [1.29, 1.82) is 0 Å². The van der Waals surface area contributed by atoms with Gasteiger partial charge in [-0.05, 0) is 18.6 Å². The molecule has 3 heteroatoms. The first-order valence-electron chi connectivity index (χ1n) is 4.88. The van der Waals surface area contributed by atoms with Crippen LogP contribution in [0.2, 0.25) is 0 Å². The molecular formula is C11H13N3. The number of allylic oxidation sites excluding steroid dienone is 1. The first kappa shape index (κ1) is 8.94. The molecule has 1 aromatic carbocycles. The van der Waals surface area contributed by atoms with Gasteiger partial charge < -0.3 is 0 Å². The minimum absolute atomic E-state index is 0.939. The Kier molecular flexibility index (Phi) is 2.58. The van der Waals surface area contributed by atoms with E-state index in [4.69, 9.17) is 0 Å². The first-order valence-corrected chi connectivity index (χ1v) is 4.88. The number of fused-ring (bicyclic) bond motifs is 1. The molecule has 0 saturated carbocycles. The molecule has 0 aliphatic carbocycles. The molecule has 0 unspecified atom stereocenters. The molecule has 14 heavy (non-hydrogen) atoms. The van der Waals surface area contributed by atoms with Crippen molar-refractivity contribution >= 4 is 17.2 Å². The van der Waals surface area contributed by atoms with Gasteiger partial charge in [0.05, 0.1) is 5.52 Å².